The minimum absolute atomic E-state index is 0.328. The fourth-order valence-electron chi connectivity index (χ4n) is 1.70. The molecule has 0 fully saturated rings. The highest BCUT2D eigenvalue weighted by Crippen LogP contribution is 2.22. The van der Waals surface area contributed by atoms with Crippen LogP contribution in [0.2, 0.25) is 0 Å². The molecule has 0 aromatic heterocycles. The van der Waals surface area contributed by atoms with Gasteiger partial charge in [-0.3, -0.25) is 0 Å². The molecule has 0 aliphatic heterocycles. The molecule has 2 atom stereocenters. The van der Waals surface area contributed by atoms with Crippen molar-refractivity contribution in [3.05, 3.63) is 11.6 Å². The lowest BCUT2D eigenvalue weighted by Crippen LogP contribution is -2.00. The van der Waals surface area contributed by atoms with Gasteiger partial charge in [0.25, 0.3) is 0 Å². The fourth-order valence-corrected chi connectivity index (χ4v) is 2.70. The van der Waals surface area contributed by atoms with Crippen LogP contribution in [0.3, 0.4) is 0 Å². The van der Waals surface area contributed by atoms with Crippen molar-refractivity contribution in [3.63, 3.8) is 0 Å². The number of allylic oxidation sites excluding steroid dienone is 2. The van der Waals surface area contributed by atoms with Gasteiger partial charge in [0, 0.05) is 5.25 Å². The summed E-state index contributed by atoms with van der Waals surface area (Å²) in [4.78, 5) is 0. The molecular weight excluding hydrogens is 200 g/mol. The zero-order chi connectivity index (χ0) is 11.7. The van der Waals surface area contributed by atoms with Crippen LogP contribution in [0.4, 0.5) is 0 Å². The first-order valence-electron chi connectivity index (χ1n) is 6.21. The second-order valence-corrected chi connectivity index (χ2v) is 6.51. The molecule has 0 saturated heterocycles. The first-order valence-corrected chi connectivity index (χ1v) is 8.08. The molecule has 0 saturated carbocycles. The predicted molar refractivity (Wildman–Crippen MR) is 77.2 cm³/mol. The van der Waals surface area contributed by atoms with Crippen LogP contribution in [0.25, 0.3) is 0 Å². The van der Waals surface area contributed by atoms with Crippen LogP contribution in [0.1, 0.15) is 59.3 Å². The summed E-state index contributed by atoms with van der Waals surface area (Å²) in [5, 5.41) is 0.797. The Morgan fingerprint density at radius 2 is 2.00 bits per heavy atom. The number of hydrogen-bond acceptors (Lipinski definition) is 0. The van der Waals surface area contributed by atoms with Crippen LogP contribution in [0.15, 0.2) is 11.6 Å². The van der Waals surface area contributed by atoms with Crippen molar-refractivity contribution in [1.29, 1.82) is 0 Å². The lowest BCUT2D eigenvalue weighted by atomic mass is 10.1. The average Bonchev–Trinajstić information content (AvgIpc) is 2.18. The minimum Gasteiger partial charge on any atom is -0.193 e. The third-order valence-corrected chi connectivity index (χ3v) is 4.59. The summed E-state index contributed by atoms with van der Waals surface area (Å²) in [6, 6.07) is 0. The third-order valence-electron chi connectivity index (χ3n) is 2.93. The quantitative estimate of drug-likeness (QED) is 0.311. The molecule has 1 heteroatoms. The Labute approximate surface area is 99.1 Å². The van der Waals surface area contributed by atoms with E-state index < -0.39 is 0 Å². The summed E-state index contributed by atoms with van der Waals surface area (Å²) >= 11 is 0. The largest absolute Gasteiger partial charge is 0.193 e. The molecule has 0 rings (SSSR count). The molecule has 0 aliphatic carbocycles. The molecule has 0 aromatic carbocycles. The number of rotatable bonds is 8. The minimum atomic E-state index is 0.328. The molecule has 0 nitrogen and oxygen atoms in total. The maximum Gasteiger partial charge on any atom is 0.00213 e. The summed E-state index contributed by atoms with van der Waals surface area (Å²) in [5.74, 6) is 4.16. The van der Waals surface area contributed by atoms with Gasteiger partial charge in [-0.25, -0.2) is 0 Å². The fraction of sp³-hybridized carbons (Fsp3) is 0.786. The van der Waals surface area contributed by atoms with E-state index in [1.165, 1.54) is 38.5 Å². The highest BCUT2D eigenvalue weighted by molar-refractivity contribution is 8.14. The van der Waals surface area contributed by atoms with E-state index in [9.17, 15) is 0 Å². The van der Waals surface area contributed by atoms with Crippen LogP contribution in [0.5, 0.6) is 0 Å². The average molecular weight is 228 g/mol. The van der Waals surface area contributed by atoms with Crippen LogP contribution in [0, 0.1) is 0 Å². The van der Waals surface area contributed by atoms with Crippen molar-refractivity contribution in [2.24, 2.45) is 0 Å². The Kier molecular flexibility index (Phi) is 9.18. The Bertz CT molecular complexity index is 203. The predicted octanol–water partition coefficient (Wildman–Crippen LogP) is 5.01. The topological polar surface area (TPSA) is 0 Å². The lowest BCUT2D eigenvalue weighted by molar-refractivity contribution is 0.709. The second-order valence-electron chi connectivity index (χ2n) is 4.46. The smallest absolute Gasteiger partial charge is 0.00213 e. The van der Waals surface area contributed by atoms with Gasteiger partial charge in [0.2, 0.25) is 0 Å². The van der Waals surface area contributed by atoms with E-state index in [-0.39, 0.29) is 0 Å². The summed E-state index contributed by atoms with van der Waals surface area (Å²) in [5.41, 5.74) is 1.58. The second kappa shape index (κ2) is 9.21. The molecule has 0 amide bonds. The third kappa shape index (κ3) is 7.84. The Balaban J connectivity index is 3.86. The zero-order valence-corrected chi connectivity index (χ0v) is 11.8. The van der Waals surface area contributed by atoms with Crippen molar-refractivity contribution in [3.8, 4) is 0 Å². The summed E-state index contributed by atoms with van der Waals surface area (Å²) < 4.78 is 0. The van der Waals surface area contributed by atoms with Gasteiger partial charge in [-0.2, -0.15) is 10.5 Å². The lowest BCUT2D eigenvalue weighted by Gasteiger charge is -2.13. The monoisotopic (exact) mass is 228 g/mol. The van der Waals surface area contributed by atoms with Crippen molar-refractivity contribution in [2.45, 2.75) is 64.5 Å². The van der Waals surface area contributed by atoms with E-state index in [0.29, 0.717) is 10.5 Å². The molecule has 0 bridgehead atoms. The van der Waals surface area contributed by atoms with Gasteiger partial charge >= 0.3 is 0 Å². The molecule has 0 spiro atoms. The highest BCUT2D eigenvalue weighted by atomic mass is 32.2. The van der Waals surface area contributed by atoms with Crippen molar-refractivity contribution in [2.75, 3.05) is 6.26 Å². The molecule has 0 radical (unpaired) electrons. The maximum absolute atomic E-state index is 4.16. The van der Waals surface area contributed by atoms with Gasteiger partial charge in [-0.15, -0.1) is 0 Å². The van der Waals surface area contributed by atoms with E-state index >= 15 is 0 Å². The molecule has 2 unspecified atom stereocenters. The standard InChI is InChI=1S/C14H28S/c1-6-8-9-10-13(3)11-12-14(7-2)15(4)5/h11,14H,4,6-10,12H2,1-3,5H3. The van der Waals surface area contributed by atoms with Crippen molar-refractivity contribution < 1.29 is 0 Å². The maximum atomic E-state index is 4.16. The van der Waals surface area contributed by atoms with E-state index in [4.69, 9.17) is 0 Å². The first kappa shape index (κ1) is 15.0. The molecule has 0 aromatic rings. The van der Waals surface area contributed by atoms with Crippen LogP contribution < -0.4 is 0 Å². The normalized spacial score (nSPS) is 16.4. The molecule has 90 valence electrons. The van der Waals surface area contributed by atoms with Gasteiger partial charge < -0.3 is 0 Å². The van der Waals surface area contributed by atoms with Gasteiger partial charge in [-0.05, 0) is 38.9 Å². The number of unbranched alkanes of at least 4 members (excludes halogenated alkanes) is 2. The summed E-state index contributed by atoms with van der Waals surface area (Å²) in [6.45, 7) is 6.82. The van der Waals surface area contributed by atoms with E-state index in [0.717, 1.165) is 5.25 Å². The molecule has 0 N–H and O–H groups in total. The van der Waals surface area contributed by atoms with E-state index in [2.05, 4.69) is 39.0 Å². The first-order chi connectivity index (χ1) is 7.11. The molecule has 15 heavy (non-hydrogen) atoms. The molecule has 0 aliphatic rings. The van der Waals surface area contributed by atoms with Crippen LogP contribution in [-0.2, 0) is 0 Å². The highest BCUT2D eigenvalue weighted by Gasteiger charge is 2.03. The van der Waals surface area contributed by atoms with Gasteiger partial charge in [0.15, 0.2) is 0 Å². The number of hydrogen-bond donors (Lipinski definition) is 0. The van der Waals surface area contributed by atoms with Gasteiger partial charge in [-0.1, -0.05) is 44.2 Å². The SMILES string of the molecule is C=S(C)C(CC)CC=C(C)CCCCC. The Hall–Kier alpha value is -0.0400. The van der Waals surface area contributed by atoms with E-state index in [1.54, 1.807) is 5.57 Å². The van der Waals surface area contributed by atoms with E-state index in [1.807, 2.05) is 0 Å². The van der Waals surface area contributed by atoms with Crippen molar-refractivity contribution in [1.82, 2.24) is 0 Å². The summed E-state index contributed by atoms with van der Waals surface area (Å²) in [6.07, 6.45) is 12.5. The Morgan fingerprint density at radius 3 is 2.47 bits per heavy atom. The molecular formula is C14H28S. The van der Waals surface area contributed by atoms with Crippen molar-refractivity contribution >= 4 is 16.4 Å². The molecule has 0 heterocycles. The van der Waals surface area contributed by atoms with Crippen LogP contribution in [-0.4, -0.2) is 17.4 Å². The Morgan fingerprint density at radius 1 is 1.33 bits per heavy atom. The van der Waals surface area contributed by atoms with Gasteiger partial charge in [0.1, 0.15) is 0 Å². The zero-order valence-electron chi connectivity index (χ0n) is 11.0. The summed E-state index contributed by atoms with van der Waals surface area (Å²) in [7, 11) is 0.328. The van der Waals surface area contributed by atoms with Crippen LogP contribution >= 0.6 is 10.5 Å². The van der Waals surface area contributed by atoms with Gasteiger partial charge in [0.05, 0.1) is 0 Å².